The third kappa shape index (κ3) is 1.70. The minimum atomic E-state index is -0.325. The number of carbonyl (C=O) groups is 2. The van der Waals surface area contributed by atoms with E-state index in [2.05, 4.69) is 5.32 Å². The summed E-state index contributed by atoms with van der Waals surface area (Å²) in [4.78, 5) is 25.4. The van der Waals surface area contributed by atoms with Gasteiger partial charge in [-0.2, -0.15) is 0 Å². The molecule has 1 unspecified atom stereocenters. The van der Waals surface area contributed by atoms with Gasteiger partial charge in [0.1, 0.15) is 6.04 Å². The van der Waals surface area contributed by atoms with Crippen molar-refractivity contribution in [2.45, 2.75) is 25.0 Å². The lowest BCUT2D eigenvalue weighted by Gasteiger charge is -2.28. The molecule has 2 fully saturated rings. The number of hydrogen-bond acceptors (Lipinski definition) is 3. The summed E-state index contributed by atoms with van der Waals surface area (Å²) in [7, 11) is 0. The largest absolute Gasteiger partial charge is 0.325 e. The second kappa shape index (κ2) is 4.31. The highest BCUT2D eigenvalue weighted by Crippen LogP contribution is 2.34. The Morgan fingerprint density at radius 1 is 1.33 bits per heavy atom. The summed E-state index contributed by atoms with van der Waals surface area (Å²) >= 11 is 1.31. The van der Waals surface area contributed by atoms with Crippen molar-refractivity contribution in [1.82, 2.24) is 10.2 Å². The number of urea groups is 1. The first-order chi connectivity index (χ1) is 8.68. The van der Waals surface area contributed by atoms with Crippen molar-refractivity contribution in [3.63, 3.8) is 0 Å². The molecule has 0 radical (unpaired) electrons. The molecular formula is C13H14N2O2S. The molecule has 1 aromatic rings. The van der Waals surface area contributed by atoms with Crippen molar-refractivity contribution in [2.24, 2.45) is 0 Å². The van der Waals surface area contributed by atoms with Crippen LogP contribution in [0.1, 0.15) is 18.5 Å². The molecule has 2 aliphatic rings. The molecule has 3 rings (SSSR count). The highest BCUT2D eigenvalue weighted by molar-refractivity contribution is 8.14. The summed E-state index contributed by atoms with van der Waals surface area (Å²) in [6, 6.07) is 9.43. The predicted octanol–water partition coefficient (Wildman–Crippen LogP) is 1.78. The van der Waals surface area contributed by atoms with Crippen LogP contribution in [0.3, 0.4) is 0 Å². The maximum Gasteiger partial charge on any atom is 0.318 e. The topological polar surface area (TPSA) is 49.4 Å². The quantitative estimate of drug-likeness (QED) is 0.827. The third-order valence-corrected chi connectivity index (χ3v) is 4.65. The lowest BCUT2D eigenvalue weighted by molar-refractivity contribution is -0.112. The van der Waals surface area contributed by atoms with Crippen LogP contribution >= 0.6 is 11.8 Å². The molecule has 3 atom stereocenters. The Bertz CT molecular complexity index is 491. The molecule has 0 bridgehead atoms. The number of amides is 2. The number of fused-ring (bicyclic) bond motifs is 1. The van der Waals surface area contributed by atoms with Gasteiger partial charge in [0.25, 0.3) is 0 Å². The van der Waals surface area contributed by atoms with E-state index in [9.17, 15) is 9.59 Å². The number of nitrogens with one attached hydrogen (secondary N) is 1. The number of thioether (sulfide) groups is 1. The van der Waals surface area contributed by atoms with E-state index >= 15 is 0 Å². The van der Waals surface area contributed by atoms with Crippen LogP contribution in [0.25, 0.3) is 0 Å². The molecule has 0 aromatic heterocycles. The molecule has 2 saturated heterocycles. The Morgan fingerprint density at radius 2 is 2.06 bits per heavy atom. The van der Waals surface area contributed by atoms with Crippen LogP contribution in [-0.2, 0) is 4.79 Å². The third-order valence-electron chi connectivity index (χ3n) is 3.61. The first-order valence-electron chi connectivity index (χ1n) is 5.99. The van der Waals surface area contributed by atoms with Gasteiger partial charge in [0, 0.05) is 5.75 Å². The predicted molar refractivity (Wildman–Crippen MR) is 70.3 cm³/mol. The zero-order valence-electron chi connectivity index (χ0n) is 10.00. The molecule has 94 valence electrons. The van der Waals surface area contributed by atoms with Crippen molar-refractivity contribution < 1.29 is 9.59 Å². The molecule has 0 aliphatic carbocycles. The fourth-order valence-electron chi connectivity index (χ4n) is 2.62. The van der Waals surface area contributed by atoms with Gasteiger partial charge in [0.15, 0.2) is 0 Å². The van der Waals surface area contributed by atoms with E-state index in [1.807, 2.05) is 37.3 Å². The molecule has 0 saturated carbocycles. The summed E-state index contributed by atoms with van der Waals surface area (Å²) < 4.78 is 0. The molecule has 0 spiro atoms. The second-order valence-corrected chi connectivity index (χ2v) is 5.64. The molecule has 5 heteroatoms. The lowest BCUT2D eigenvalue weighted by Crippen LogP contribution is -2.38. The average Bonchev–Trinajstić information content (AvgIpc) is 2.89. The molecule has 18 heavy (non-hydrogen) atoms. The van der Waals surface area contributed by atoms with E-state index < -0.39 is 0 Å². The smallest absolute Gasteiger partial charge is 0.318 e. The van der Waals surface area contributed by atoms with Crippen molar-refractivity contribution in [2.75, 3.05) is 5.75 Å². The van der Waals surface area contributed by atoms with Gasteiger partial charge < -0.3 is 10.2 Å². The van der Waals surface area contributed by atoms with Crippen LogP contribution in [-0.4, -0.2) is 33.9 Å². The number of nitrogens with zero attached hydrogens (tertiary/aromatic N) is 1. The van der Waals surface area contributed by atoms with Crippen molar-refractivity contribution in [1.29, 1.82) is 0 Å². The maximum atomic E-state index is 12.0. The Morgan fingerprint density at radius 3 is 2.78 bits per heavy atom. The van der Waals surface area contributed by atoms with Gasteiger partial charge in [-0.3, -0.25) is 4.79 Å². The molecule has 1 N–H and O–H groups in total. The molecule has 2 aliphatic heterocycles. The zero-order valence-corrected chi connectivity index (χ0v) is 10.8. The van der Waals surface area contributed by atoms with Gasteiger partial charge in [-0.15, -0.1) is 0 Å². The highest BCUT2D eigenvalue weighted by Gasteiger charge is 2.49. The van der Waals surface area contributed by atoms with Gasteiger partial charge in [-0.05, 0) is 12.5 Å². The van der Waals surface area contributed by atoms with E-state index in [1.165, 1.54) is 11.8 Å². The van der Waals surface area contributed by atoms with E-state index in [-0.39, 0.29) is 29.3 Å². The molecule has 4 nitrogen and oxygen atoms in total. The summed E-state index contributed by atoms with van der Waals surface area (Å²) in [5.41, 5.74) is 1.10. The average molecular weight is 262 g/mol. The first-order valence-corrected chi connectivity index (χ1v) is 6.97. The standard InChI is InChI=1S/C13H14N2O2S/c1-8(9-5-3-2-4-6-9)15-10-7-18-12(16)11(10)14-13(15)17/h2-6,8,10-11H,7H2,1H3,(H,14,17)/t8-,10-,11?/m1/s1. The number of carbonyl (C=O) groups excluding carboxylic acids is 2. The normalized spacial score (nSPS) is 28.2. The molecule has 2 amide bonds. The number of hydrogen-bond donors (Lipinski definition) is 1. The van der Waals surface area contributed by atoms with Gasteiger partial charge in [0.05, 0.1) is 12.1 Å². The Kier molecular flexibility index (Phi) is 2.78. The Balaban J connectivity index is 1.88. The maximum absolute atomic E-state index is 12.0. The van der Waals surface area contributed by atoms with Crippen LogP contribution in [0, 0.1) is 0 Å². The molecule has 2 heterocycles. The van der Waals surface area contributed by atoms with Crippen LogP contribution < -0.4 is 5.32 Å². The fourth-order valence-corrected chi connectivity index (χ4v) is 3.70. The van der Waals surface area contributed by atoms with Gasteiger partial charge in [0.2, 0.25) is 5.12 Å². The van der Waals surface area contributed by atoms with Crippen LogP contribution in [0.15, 0.2) is 30.3 Å². The zero-order chi connectivity index (χ0) is 12.7. The van der Waals surface area contributed by atoms with Gasteiger partial charge in [-0.25, -0.2) is 4.79 Å². The van der Waals surface area contributed by atoms with Crippen LogP contribution in [0.5, 0.6) is 0 Å². The minimum absolute atomic E-state index is 0.00676. The van der Waals surface area contributed by atoms with E-state index in [0.29, 0.717) is 5.75 Å². The van der Waals surface area contributed by atoms with Crippen molar-refractivity contribution in [3.8, 4) is 0 Å². The van der Waals surface area contributed by atoms with E-state index in [4.69, 9.17) is 0 Å². The SMILES string of the molecule is C[C@H](c1ccccc1)N1C(=O)NC2C(=O)SC[C@H]21. The lowest BCUT2D eigenvalue weighted by atomic mass is 10.0. The minimum Gasteiger partial charge on any atom is -0.325 e. The number of benzene rings is 1. The fraction of sp³-hybridized carbons (Fsp3) is 0.385. The van der Waals surface area contributed by atoms with Gasteiger partial charge >= 0.3 is 6.03 Å². The van der Waals surface area contributed by atoms with E-state index in [0.717, 1.165) is 5.56 Å². The molecule has 1 aromatic carbocycles. The van der Waals surface area contributed by atoms with Crippen LogP contribution in [0.4, 0.5) is 4.79 Å². The second-order valence-electron chi connectivity index (χ2n) is 4.62. The summed E-state index contributed by atoms with van der Waals surface area (Å²) in [6.07, 6.45) is 0. The molecular weight excluding hydrogens is 248 g/mol. The highest BCUT2D eigenvalue weighted by atomic mass is 32.2. The number of rotatable bonds is 2. The summed E-state index contributed by atoms with van der Waals surface area (Å²) in [6.45, 7) is 2.00. The monoisotopic (exact) mass is 262 g/mol. The summed E-state index contributed by atoms with van der Waals surface area (Å²) in [5.74, 6) is 0.694. The van der Waals surface area contributed by atoms with Crippen molar-refractivity contribution in [3.05, 3.63) is 35.9 Å². The van der Waals surface area contributed by atoms with Crippen LogP contribution in [0.2, 0.25) is 0 Å². The Labute approximate surface area is 110 Å². The van der Waals surface area contributed by atoms with E-state index in [1.54, 1.807) is 4.90 Å². The van der Waals surface area contributed by atoms with Gasteiger partial charge in [-0.1, -0.05) is 42.1 Å². The first kappa shape index (κ1) is 11.6. The Hall–Kier alpha value is -1.49. The van der Waals surface area contributed by atoms with Crippen molar-refractivity contribution >= 4 is 22.9 Å². The summed E-state index contributed by atoms with van der Waals surface area (Å²) in [5, 5.41) is 2.86.